The number of carboxylic acids is 1. The van der Waals surface area contributed by atoms with E-state index in [1.165, 1.54) is 0 Å². The van der Waals surface area contributed by atoms with Crippen LogP contribution in [-0.4, -0.2) is 48.8 Å². The van der Waals surface area contributed by atoms with Crippen LogP contribution in [0.1, 0.15) is 12.0 Å². The van der Waals surface area contributed by atoms with Crippen molar-refractivity contribution in [2.45, 2.75) is 12.8 Å². The number of carboxylic acid groups (broad SMARTS) is 1. The van der Waals surface area contributed by atoms with Crippen LogP contribution in [0.2, 0.25) is 0 Å². The second-order valence-corrected chi connectivity index (χ2v) is 6.02. The molecule has 0 bridgehead atoms. The third kappa shape index (κ3) is 4.89. The lowest BCUT2D eigenvalue weighted by atomic mass is 9.96. The van der Waals surface area contributed by atoms with Crippen LogP contribution in [0.15, 0.2) is 28.7 Å². The van der Waals surface area contributed by atoms with Crippen LogP contribution < -0.4 is 0 Å². The number of carbonyl (C=O) groups is 1. The maximum absolute atomic E-state index is 11.4. The number of nitrogens with zero attached hydrogens (tertiary/aromatic N) is 1. The highest BCUT2D eigenvalue weighted by molar-refractivity contribution is 9.10. The maximum Gasteiger partial charge on any atom is 0.306 e. The van der Waals surface area contributed by atoms with Gasteiger partial charge in [0.1, 0.15) is 0 Å². The van der Waals surface area contributed by atoms with Crippen LogP contribution in [0, 0.1) is 5.92 Å². The van der Waals surface area contributed by atoms with Gasteiger partial charge in [-0.05, 0) is 37.1 Å². The fourth-order valence-corrected chi connectivity index (χ4v) is 2.65. The average Bonchev–Trinajstić information content (AvgIpc) is 2.46. The number of benzene rings is 1. The SMILES string of the molecule is O=C(O)C(CCN1CCOCC1)Cc1ccc(Br)cc1. The molecule has 1 aromatic rings. The smallest absolute Gasteiger partial charge is 0.306 e. The molecule has 5 heteroatoms. The van der Waals surface area contributed by atoms with Gasteiger partial charge >= 0.3 is 5.97 Å². The van der Waals surface area contributed by atoms with E-state index in [-0.39, 0.29) is 5.92 Å². The molecule has 1 aliphatic rings. The molecule has 1 atom stereocenters. The predicted molar refractivity (Wildman–Crippen MR) is 80.8 cm³/mol. The Morgan fingerprint density at radius 2 is 1.95 bits per heavy atom. The van der Waals surface area contributed by atoms with Gasteiger partial charge in [-0.2, -0.15) is 0 Å². The van der Waals surface area contributed by atoms with Gasteiger partial charge in [-0.25, -0.2) is 0 Å². The van der Waals surface area contributed by atoms with Crippen molar-refractivity contribution < 1.29 is 14.6 Å². The van der Waals surface area contributed by atoms with Crippen LogP contribution in [-0.2, 0) is 16.0 Å². The van der Waals surface area contributed by atoms with E-state index in [2.05, 4.69) is 20.8 Å². The molecule has 1 aliphatic heterocycles. The largest absolute Gasteiger partial charge is 0.481 e. The number of halogens is 1. The third-order valence-electron chi connectivity index (χ3n) is 3.64. The van der Waals surface area contributed by atoms with E-state index < -0.39 is 5.97 Å². The monoisotopic (exact) mass is 341 g/mol. The highest BCUT2D eigenvalue weighted by atomic mass is 79.9. The number of morpholine rings is 1. The van der Waals surface area contributed by atoms with Crippen molar-refractivity contribution in [3.63, 3.8) is 0 Å². The maximum atomic E-state index is 11.4. The average molecular weight is 342 g/mol. The molecule has 20 heavy (non-hydrogen) atoms. The van der Waals surface area contributed by atoms with E-state index in [0.717, 1.165) is 42.9 Å². The van der Waals surface area contributed by atoms with Gasteiger partial charge in [0.2, 0.25) is 0 Å². The number of ether oxygens (including phenoxy) is 1. The lowest BCUT2D eigenvalue weighted by Crippen LogP contribution is -2.38. The van der Waals surface area contributed by atoms with Crippen molar-refractivity contribution in [1.82, 2.24) is 4.90 Å². The summed E-state index contributed by atoms with van der Waals surface area (Å²) in [5.41, 5.74) is 1.07. The Morgan fingerprint density at radius 3 is 2.55 bits per heavy atom. The first-order valence-electron chi connectivity index (χ1n) is 6.92. The van der Waals surface area contributed by atoms with Crippen molar-refractivity contribution in [2.24, 2.45) is 5.92 Å². The van der Waals surface area contributed by atoms with Crippen molar-refractivity contribution in [2.75, 3.05) is 32.8 Å². The molecule has 1 heterocycles. The lowest BCUT2D eigenvalue weighted by Gasteiger charge is -2.27. The molecule has 0 aliphatic carbocycles. The predicted octanol–water partition coefficient (Wildman–Crippen LogP) is 2.41. The topological polar surface area (TPSA) is 49.8 Å². The van der Waals surface area contributed by atoms with E-state index in [1.807, 2.05) is 24.3 Å². The highest BCUT2D eigenvalue weighted by Crippen LogP contribution is 2.17. The van der Waals surface area contributed by atoms with Gasteiger partial charge in [0, 0.05) is 17.6 Å². The first-order chi connectivity index (χ1) is 9.65. The van der Waals surface area contributed by atoms with Crippen LogP contribution >= 0.6 is 15.9 Å². The third-order valence-corrected chi connectivity index (χ3v) is 4.17. The molecule has 1 saturated heterocycles. The molecule has 1 fully saturated rings. The van der Waals surface area contributed by atoms with Crippen molar-refractivity contribution in [3.05, 3.63) is 34.3 Å². The second-order valence-electron chi connectivity index (χ2n) is 5.11. The molecule has 0 amide bonds. The minimum absolute atomic E-state index is 0.320. The van der Waals surface area contributed by atoms with Crippen molar-refractivity contribution in [3.8, 4) is 0 Å². The first kappa shape index (κ1) is 15.5. The minimum atomic E-state index is -0.707. The molecule has 0 spiro atoms. The van der Waals surface area contributed by atoms with Gasteiger partial charge in [0.15, 0.2) is 0 Å². The van der Waals surface area contributed by atoms with Gasteiger partial charge in [0.25, 0.3) is 0 Å². The molecule has 1 unspecified atom stereocenters. The lowest BCUT2D eigenvalue weighted by molar-refractivity contribution is -0.142. The standard InChI is InChI=1S/C15H20BrNO3/c16-14-3-1-12(2-4-14)11-13(15(18)19)5-6-17-7-9-20-10-8-17/h1-4,13H,5-11H2,(H,18,19). The van der Waals surface area contributed by atoms with E-state index in [4.69, 9.17) is 4.74 Å². The molecule has 4 nitrogen and oxygen atoms in total. The van der Waals surface area contributed by atoms with E-state index in [1.54, 1.807) is 0 Å². The highest BCUT2D eigenvalue weighted by Gasteiger charge is 2.20. The van der Waals surface area contributed by atoms with Gasteiger partial charge in [-0.15, -0.1) is 0 Å². The summed E-state index contributed by atoms with van der Waals surface area (Å²) >= 11 is 3.39. The van der Waals surface area contributed by atoms with E-state index in [9.17, 15) is 9.90 Å². The minimum Gasteiger partial charge on any atom is -0.481 e. The quantitative estimate of drug-likeness (QED) is 0.863. The number of hydrogen-bond donors (Lipinski definition) is 1. The Morgan fingerprint density at radius 1 is 1.30 bits per heavy atom. The second kappa shape index (κ2) is 7.76. The van der Waals surface area contributed by atoms with E-state index in [0.29, 0.717) is 12.8 Å². The van der Waals surface area contributed by atoms with Crippen LogP contribution in [0.4, 0.5) is 0 Å². The molecule has 2 rings (SSSR count). The zero-order valence-electron chi connectivity index (χ0n) is 11.4. The Labute approximate surface area is 127 Å². The summed E-state index contributed by atoms with van der Waals surface area (Å²) in [6.07, 6.45) is 1.28. The van der Waals surface area contributed by atoms with Gasteiger partial charge in [-0.3, -0.25) is 9.69 Å². The Balaban J connectivity index is 1.86. The Hall–Kier alpha value is -0.910. The summed E-state index contributed by atoms with van der Waals surface area (Å²) < 4.78 is 6.31. The van der Waals surface area contributed by atoms with Gasteiger partial charge in [0.05, 0.1) is 19.1 Å². The summed E-state index contributed by atoms with van der Waals surface area (Å²) in [7, 11) is 0. The Bertz CT molecular complexity index is 429. The summed E-state index contributed by atoms with van der Waals surface area (Å²) in [6.45, 7) is 4.15. The number of hydrogen-bond acceptors (Lipinski definition) is 3. The van der Waals surface area contributed by atoms with Crippen molar-refractivity contribution >= 4 is 21.9 Å². The molecule has 0 radical (unpaired) electrons. The number of aliphatic carboxylic acids is 1. The zero-order chi connectivity index (χ0) is 14.4. The van der Waals surface area contributed by atoms with Crippen LogP contribution in [0.3, 0.4) is 0 Å². The molecule has 1 aromatic carbocycles. The molecule has 1 N–H and O–H groups in total. The normalized spacial score (nSPS) is 17.9. The fourth-order valence-electron chi connectivity index (χ4n) is 2.38. The molecule has 0 aromatic heterocycles. The van der Waals surface area contributed by atoms with Gasteiger partial charge < -0.3 is 9.84 Å². The number of rotatable bonds is 6. The van der Waals surface area contributed by atoms with Crippen LogP contribution in [0.25, 0.3) is 0 Å². The van der Waals surface area contributed by atoms with E-state index >= 15 is 0 Å². The molecule has 110 valence electrons. The van der Waals surface area contributed by atoms with Crippen molar-refractivity contribution in [1.29, 1.82) is 0 Å². The molecule has 0 saturated carbocycles. The molecular formula is C15H20BrNO3. The first-order valence-corrected chi connectivity index (χ1v) is 7.72. The Kier molecular flexibility index (Phi) is 6.01. The summed E-state index contributed by atoms with van der Waals surface area (Å²) in [5, 5.41) is 9.37. The summed E-state index contributed by atoms with van der Waals surface area (Å²) in [4.78, 5) is 13.7. The zero-order valence-corrected chi connectivity index (χ0v) is 13.0. The van der Waals surface area contributed by atoms with Gasteiger partial charge in [-0.1, -0.05) is 28.1 Å². The summed E-state index contributed by atoms with van der Waals surface area (Å²) in [6, 6.07) is 7.87. The van der Waals surface area contributed by atoms with Crippen LogP contribution in [0.5, 0.6) is 0 Å². The summed E-state index contributed by atoms with van der Waals surface area (Å²) in [5.74, 6) is -1.03. The fraction of sp³-hybridized carbons (Fsp3) is 0.533. The molecular weight excluding hydrogens is 322 g/mol.